The zero-order chi connectivity index (χ0) is 11.9. The molecule has 0 aromatic heterocycles. The molecule has 2 aromatic rings. The van der Waals surface area contributed by atoms with E-state index in [0.29, 0.717) is 5.39 Å². The van der Waals surface area contributed by atoms with Gasteiger partial charge in [-0.15, -0.1) is 0 Å². The van der Waals surface area contributed by atoms with Gasteiger partial charge in [0.15, 0.2) is 11.5 Å². The number of phenolic OH excluding ortho intramolecular Hbond substituents is 2. The van der Waals surface area contributed by atoms with Gasteiger partial charge in [-0.2, -0.15) is 0 Å². The van der Waals surface area contributed by atoms with E-state index in [1.165, 1.54) is 18.2 Å². The molecule has 0 amide bonds. The van der Waals surface area contributed by atoms with Crippen LogP contribution < -0.4 is 29.6 Å². The van der Waals surface area contributed by atoms with Gasteiger partial charge in [-0.3, -0.25) is 0 Å². The molecule has 2 aromatic carbocycles. The number of aromatic hydroxyl groups is 2. The number of hydrogen-bond donors (Lipinski definition) is 2. The molecular formula is C10H7NaO5S. The standard InChI is InChI=1S/C10H8O5S.Na/c11-9-4-1-6-5-7(16(13,14)15)2-3-8(6)10(9)12;/h1-5,11-12H,(H,13,14,15);/q;+1/p-1. The van der Waals surface area contributed by atoms with Crippen LogP contribution in [0.2, 0.25) is 0 Å². The molecule has 84 valence electrons. The van der Waals surface area contributed by atoms with Crippen molar-refractivity contribution < 1.29 is 52.7 Å². The summed E-state index contributed by atoms with van der Waals surface area (Å²) in [5.41, 5.74) is 0. The molecule has 0 unspecified atom stereocenters. The Morgan fingerprint density at radius 1 is 1.06 bits per heavy atom. The predicted octanol–water partition coefficient (Wildman–Crippen LogP) is -1.84. The van der Waals surface area contributed by atoms with E-state index in [1.54, 1.807) is 0 Å². The summed E-state index contributed by atoms with van der Waals surface area (Å²) < 4.78 is 32.3. The van der Waals surface area contributed by atoms with Gasteiger partial charge >= 0.3 is 29.6 Å². The molecule has 0 atom stereocenters. The average molecular weight is 262 g/mol. The van der Waals surface area contributed by atoms with Crippen molar-refractivity contribution in [2.45, 2.75) is 4.90 Å². The minimum atomic E-state index is -4.51. The molecule has 0 aliphatic carbocycles. The van der Waals surface area contributed by atoms with Gasteiger partial charge in [0.1, 0.15) is 10.1 Å². The number of phenols is 2. The maximum atomic E-state index is 10.8. The predicted molar refractivity (Wildman–Crippen MR) is 55.2 cm³/mol. The van der Waals surface area contributed by atoms with Crippen molar-refractivity contribution in [3.05, 3.63) is 30.3 Å². The Balaban J connectivity index is 0.00000144. The fraction of sp³-hybridized carbons (Fsp3) is 0. The van der Waals surface area contributed by atoms with Crippen molar-refractivity contribution in [2.24, 2.45) is 0 Å². The van der Waals surface area contributed by atoms with E-state index >= 15 is 0 Å². The molecule has 0 aliphatic rings. The van der Waals surface area contributed by atoms with Gasteiger partial charge in [-0.05, 0) is 29.7 Å². The third kappa shape index (κ3) is 2.72. The molecular weight excluding hydrogens is 255 g/mol. The van der Waals surface area contributed by atoms with E-state index in [0.717, 1.165) is 12.1 Å². The van der Waals surface area contributed by atoms with E-state index < -0.39 is 10.1 Å². The van der Waals surface area contributed by atoms with Gasteiger partial charge in [-0.1, -0.05) is 6.07 Å². The molecule has 0 radical (unpaired) electrons. The van der Waals surface area contributed by atoms with Crippen LogP contribution in [0.3, 0.4) is 0 Å². The Hall–Kier alpha value is -0.790. The summed E-state index contributed by atoms with van der Waals surface area (Å²) in [7, 11) is -4.51. The van der Waals surface area contributed by atoms with Crippen LogP contribution >= 0.6 is 0 Å². The molecule has 0 saturated heterocycles. The van der Waals surface area contributed by atoms with Crippen LogP contribution in [0.5, 0.6) is 11.5 Å². The van der Waals surface area contributed by atoms with E-state index in [9.17, 15) is 23.2 Å². The van der Waals surface area contributed by atoms with Crippen molar-refractivity contribution >= 4 is 20.9 Å². The summed E-state index contributed by atoms with van der Waals surface area (Å²) in [4.78, 5) is -0.370. The van der Waals surface area contributed by atoms with Crippen molar-refractivity contribution in [1.82, 2.24) is 0 Å². The zero-order valence-corrected chi connectivity index (χ0v) is 11.7. The van der Waals surface area contributed by atoms with Crippen LogP contribution in [0.4, 0.5) is 0 Å². The Labute approximate surface area is 120 Å². The minimum absolute atomic E-state index is 0. The second kappa shape index (κ2) is 4.83. The van der Waals surface area contributed by atoms with Crippen LogP contribution in [0.15, 0.2) is 35.2 Å². The average Bonchev–Trinajstić information content (AvgIpc) is 2.22. The third-order valence-electron chi connectivity index (χ3n) is 2.23. The molecule has 2 rings (SSSR count). The Bertz CT molecular complexity index is 666. The molecule has 7 heteroatoms. The van der Waals surface area contributed by atoms with Crippen LogP contribution in [0.1, 0.15) is 0 Å². The third-order valence-corrected chi connectivity index (χ3v) is 3.06. The van der Waals surface area contributed by atoms with Gasteiger partial charge < -0.3 is 14.8 Å². The molecule has 0 spiro atoms. The van der Waals surface area contributed by atoms with Gasteiger partial charge in [0, 0.05) is 5.39 Å². The molecule has 17 heavy (non-hydrogen) atoms. The number of benzene rings is 2. The van der Waals surface area contributed by atoms with Crippen LogP contribution in [-0.2, 0) is 10.1 Å². The first-order valence-electron chi connectivity index (χ1n) is 4.30. The summed E-state index contributed by atoms with van der Waals surface area (Å²) in [5, 5.41) is 19.3. The van der Waals surface area contributed by atoms with Crippen LogP contribution in [-0.4, -0.2) is 23.2 Å². The fourth-order valence-corrected chi connectivity index (χ4v) is 1.94. The smallest absolute Gasteiger partial charge is 0.744 e. The van der Waals surface area contributed by atoms with Gasteiger partial charge in [0.05, 0.1) is 4.90 Å². The molecule has 0 saturated carbocycles. The van der Waals surface area contributed by atoms with Gasteiger partial charge in [-0.25, -0.2) is 8.42 Å². The fourth-order valence-electron chi connectivity index (χ4n) is 1.44. The molecule has 5 nitrogen and oxygen atoms in total. The van der Waals surface area contributed by atoms with E-state index in [1.807, 2.05) is 0 Å². The van der Waals surface area contributed by atoms with Crippen molar-refractivity contribution in [2.75, 3.05) is 0 Å². The number of rotatable bonds is 1. The zero-order valence-electron chi connectivity index (χ0n) is 8.91. The largest absolute Gasteiger partial charge is 1.00 e. The first-order valence-corrected chi connectivity index (χ1v) is 5.71. The number of hydrogen-bond acceptors (Lipinski definition) is 5. The summed E-state index contributed by atoms with van der Waals surface area (Å²) >= 11 is 0. The van der Waals surface area contributed by atoms with E-state index in [4.69, 9.17) is 0 Å². The van der Waals surface area contributed by atoms with Crippen molar-refractivity contribution in [3.8, 4) is 11.5 Å². The maximum absolute atomic E-state index is 10.8. The molecule has 0 fully saturated rings. The monoisotopic (exact) mass is 262 g/mol. The summed E-state index contributed by atoms with van der Waals surface area (Å²) in [6.45, 7) is 0. The quantitative estimate of drug-likeness (QED) is 0.357. The van der Waals surface area contributed by atoms with E-state index in [2.05, 4.69) is 0 Å². The van der Waals surface area contributed by atoms with Gasteiger partial charge in [0.25, 0.3) is 0 Å². The second-order valence-corrected chi connectivity index (χ2v) is 4.65. The van der Waals surface area contributed by atoms with Crippen LogP contribution in [0.25, 0.3) is 10.8 Å². The maximum Gasteiger partial charge on any atom is 1.00 e. The van der Waals surface area contributed by atoms with Crippen molar-refractivity contribution in [3.63, 3.8) is 0 Å². The molecule has 0 bridgehead atoms. The minimum Gasteiger partial charge on any atom is -0.744 e. The van der Waals surface area contributed by atoms with Crippen molar-refractivity contribution in [1.29, 1.82) is 0 Å². The number of fused-ring (bicyclic) bond motifs is 1. The van der Waals surface area contributed by atoms with Crippen LogP contribution in [0, 0.1) is 0 Å². The molecule has 0 heterocycles. The Morgan fingerprint density at radius 2 is 1.71 bits per heavy atom. The molecule has 2 N–H and O–H groups in total. The first kappa shape index (κ1) is 14.3. The summed E-state index contributed by atoms with van der Waals surface area (Å²) in [5.74, 6) is -0.641. The SMILES string of the molecule is O=S(=O)([O-])c1ccc2c(O)c(O)ccc2c1.[Na+]. The topological polar surface area (TPSA) is 97.7 Å². The first-order chi connectivity index (χ1) is 7.39. The van der Waals surface area contributed by atoms with Gasteiger partial charge in [0.2, 0.25) is 0 Å². The Kier molecular flexibility index (Phi) is 4.06. The molecule has 0 aliphatic heterocycles. The second-order valence-electron chi connectivity index (χ2n) is 3.27. The summed E-state index contributed by atoms with van der Waals surface area (Å²) in [6, 6.07) is 6.15. The van der Waals surface area contributed by atoms with E-state index in [-0.39, 0.29) is 51.3 Å². The summed E-state index contributed by atoms with van der Waals surface area (Å²) in [6.07, 6.45) is 0. The Morgan fingerprint density at radius 3 is 2.29 bits per heavy atom. The normalized spacial score (nSPS) is 11.1.